The Balaban J connectivity index is 2.26. The molecule has 0 heterocycles. The number of allylic oxidation sites excluding steroid dienone is 1. The molecule has 0 spiro atoms. The van der Waals surface area contributed by atoms with E-state index in [1.807, 2.05) is 37.3 Å². The number of sulfone groups is 1. The second-order valence-electron chi connectivity index (χ2n) is 4.77. The van der Waals surface area contributed by atoms with Crippen molar-refractivity contribution < 1.29 is 8.42 Å². The van der Waals surface area contributed by atoms with Crippen molar-refractivity contribution in [2.75, 3.05) is 0 Å². The van der Waals surface area contributed by atoms with Crippen LogP contribution in [0.5, 0.6) is 0 Å². The SMILES string of the molecule is C/C(C#Cc1ccccc1)=C\S(=O)(=O)c1ccc(C)cc1. The van der Waals surface area contributed by atoms with Gasteiger partial charge in [-0.15, -0.1) is 0 Å². The lowest BCUT2D eigenvalue weighted by Crippen LogP contribution is -1.97. The van der Waals surface area contributed by atoms with Crippen molar-refractivity contribution in [1.82, 2.24) is 0 Å². The Bertz CT molecular complexity index is 803. The van der Waals surface area contributed by atoms with Gasteiger partial charge in [0, 0.05) is 16.5 Å². The molecule has 3 heteroatoms. The highest BCUT2D eigenvalue weighted by atomic mass is 32.2. The molecule has 106 valence electrons. The van der Waals surface area contributed by atoms with Crippen LogP contribution in [0.25, 0.3) is 0 Å². The summed E-state index contributed by atoms with van der Waals surface area (Å²) in [5.41, 5.74) is 2.40. The summed E-state index contributed by atoms with van der Waals surface area (Å²) >= 11 is 0. The van der Waals surface area contributed by atoms with Gasteiger partial charge in [0.05, 0.1) is 4.90 Å². The third-order valence-corrected chi connectivity index (χ3v) is 4.45. The van der Waals surface area contributed by atoms with E-state index in [0.717, 1.165) is 11.1 Å². The summed E-state index contributed by atoms with van der Waals surface area (Å²) in [5.74, 6) is 5.81. The lowest BCUT2D eigenvalue weighted by Gasteiger charge is -2.00. The molecular weight excluding hydrogens is 280 g/mol. The lowest BCUT2D eigenvalue weighted by atomic mass is 10.2. The average molecular weight is 296 g/mol. The first-order valence-electron chi connectivity index (χ1n) is 6.54. The molecule has 2 nitrogen and oxygen atoms in total. The number of hydrogen-bond donors (Lipinski definition) is 0. The van der Waals surface area contributed by atoms with Crippen molar-refractivity contribution in [3.05, 3.63) is 76.7 Å². The van der Waals surface area contributed by atoms with Crippen LogP contribution in [0.15, 0.2) is 70.5 Å². The molecule has 2 aromatic rings. The summed E-state index contributed by atoms with van der Waals surface area (Å²) in [6.45, 7) is 3.62. The summed E-state index contributed by atoms with van der Waals surface area (Å²) in [4.78, 5) is 0.286. The van der Waals surface area contributed by atoms with Crippen LogP contribution in [-0.4, -0.2) is 8.42 Å². The van der Waals surface area contributed by atoms with Gasteiger partial charge in [0.25, 0.3) is 0 Å². The minimum atomic E-state index is -3.45. The predicted molar refractivity (Wildman–Crippen MR) is 85.4 cm³/mol. The van der Waals surface area contributed by atoms with E-state index in [9.17, 15) is 8.42 Å². The van der Waals surface area contributed by atoms with Gasteiger partial charge in [-0.25, -0.2) is 8.42 Å². The fourth-order valence-electron chi connectivity index (χ4n) is 1.75. The zero-order chi connectivity index (χ0) is 15.3. The van der Waals surface area contributed by atoms with Crippen LogP contribution in [-0.2, 0) is 9.84 Å². The van der Waals surface area contributed by atoms with Gasteiger partial charge in [-0.05, 0) is 38.1 Å². The smallest absolute Gasteiger partial charge is 0.200 e. The van der Waals surface area contributed by atoms with E-state index < -0.39 is 9.84 Å². The zero-order valence-electron chi connectivity index (χ0n) is 12.0. The van der Waals surface area contributed by atoms with E-state index in [2.05, 4.69) is 11.8 Å². The second-order valence-corrected chi connectivity index (χ2v) is 6.57. The van der Waals surface area contributed by atoms with E-state index >= 15 is 0 Å². The highest BCUT2D eigenvalue weighted by molar-refractivity contribution is 7.94. The first kappa shape index (κ1) is 15.1. The molecule has 21 heavy (non-hydrogen) atoms. The maximum atomic E-state index is 12.2. The molecule has 0 fully saturated rings. The van der Waals surface area contributed by atoms with Crippen LogP contribution in [0, 0.1) is 18.8 Å². The molecular formula is C18H16O2S. The number of aryl methyl sites for hydroxylation is 1. The Morgan fingerprint density at radius 1 is 1.00 bits per heavy atom. The van der Waals surface area contributed by atoms with E-state index in [1.54, 1.807) is 31.2 Å². The van der Waals surface area contributed by atoms with Crippen molar-refractivity contribution in [3.8, 4) is 11.8 Å². The minimum Gasteiger partial charge on any atom is -0.219 e. The Labute approximate surface area is 126 Å². The van der Waals surface area contributed by atoms with Crippen LogP contribution in [0.3, 0.4) is 0 Å². The Kier molecular flexibility index (Phi) is 4.62. The van der Waals surface area contributed by atoms with Crippen LogP contribution in [0.1, 0.15) is 18.1 Å². The summed E-state index contributed by atoms with van der Waals surface area (Å²) in [5, 5.41) is 1.22. The predicted octanol–water partition coefficient (Wildman–Crippen LogP) is 3.72. The van der Waals surface area contributed by atoms with Crippen molar-refractivity contribution in [2.45, 2.75) is 18.7 Å². The van der Waals surface area contributed by atoms with E-state index in [0.29, 0.717) is 5.57 Å². The van der Waals surface area contributed by atoms with Crippen LogP contribution in [0.2, 0.25) is 0 Å². The van der Waals surface area contributed by atoms with Crippen molar-refractivity contribution in [3.63, 3.8) is 0 Å². The third kappa shape index (κ3) is 4.34. The molecule has 0 aliphatic rings. The molecule has 0 atom stereocenters. The molecule has 0 radical (unpaired) electrons. The average Bonchev–Trinajstić information content (AvgIpc) is 2.46. The summed E-state index contributed by atoms with van der Waals surface area (Å²) < 4.78 is 24.4. The summed E-state index contributed by atoms with van der Waals surface area (Å²) in [6, 6.07) is 16.3. The zero-order valence-corrected chi connectivity index (χ0v) is 12.8. The maximum absolute atomic E-state index is 12.2. The van der Waals surface area contributed by atoms with Gasteiger partial charge in [-0.3, -0.25) is 0 Å². The van der Waals surface area contributed by atoms with E-state index in [1.165, 1.54) is 5.41 Å². The molecule has 0 saturated heterocycles. The normalized spacial score (nSPS) is 11.6. The topological polar surface area (TPSA) is 34.1 Å². The Hall–Kier alpha value is -2.31. The number of hydrogen-bond acceptors (Lipinski definition) is 2. The van der Waals surface area contributed by atoms with Gasteiger partial charge in [0.1, 0.15) is 0 Å². The molecule has 0 amide bonds. The standard InChI is InChI=1S/C18H16O2S/c1-15-9-12-18(13-10-15)21(19,20)14-16(2)8-11-17-6-4-3-5-7-17/h3-7,9-10,12-14H,1-2H3/b16-14+. The Morgan fingerprint density at radius 2 is 1.62 bits per heavy atom. The monoisotopic (exact) mass is 296 g/mol. The molecule has 0 aliphatic carbocycles. The fraction of sp³-hybridized carbons (Fsp3) is 0.111. The third-order valence-electron chi connectivity index (χ3n) is 2.86. The highest BCUT2D eigenvalue weighted by Crippen LogP contribution is 2.14. The highest BCUT2D eigenvalue weighted by Gasteiger charge is 2.10. The number of rotatable bonds is 2. The van der Waals surface area contributed by atoms with Crippen molar-refractivity contribution >= 4 is 9.84 Å². The van der Waals surface area contributed by atoms with Crippen molar-refractivity contribution in [1.29, 1.82) is 0 Å². The minimum absolute atomic E-state index is 0.286. The Morgan fingerprint density at radius 3 is 2.24 bits per heavy atom. The second kappa shape index (κ2) is 6.43. The maximum Gasteiger partial charge on any atom is 0.200 e. The van der Waals surface area contributed by atoms with E-state index in [-0.39, 0.29) is 4.90 Å². The van der Waals surface area contributed by atoms with Gasteiger partial charge >= 0.3 is 0 Å². The van der Waals surface area contributed by atoms with Crippen molar-refractivity contribution in [2.24, 2.45) is 0 Å². The quantitative estimate of drug-likeness (QED) is 0.791. The van der Waals surface area contributed by atoms with Gasteiger partial charge in [0.2, 0.25) is 9.84 Å². The van der Waals surface area contributed by atoms with Gasteiger partial charge in [0.15, 0.2) is 0 Å². The lowest BCUT2D eigenvalue weighted by molar-refractivity contribution is 0.604. The van der Waals surface area contributed by atoms with E-state index in [4.69, 9.17) is 0 Å². The molecule has 0 saturated carbocycles. The van der Waals surface area contributed by atoms with Gasteiger partial charge in [-0.2, -0.15) is 0 Å². The molecule has 2 aromatic carbocycles. The molecule has 0 aromatic heterocycles. The summed E-state index contributed by atoms with van der Waals surface area (Å²) in [7, 11) is -3.45. The number of benzene rings is 2. The fourth-order valence-corrected chi connectivity index (χ4v) is 2.93. The largest absolute Gasteiger partial charge is 0.219 e. The first-order valence-corrected chi connectivity index (χ1v) is 8.09. The van der Waals surface area contributed by atoms with Gasteiger partial charge < -0.3 is 0 Å². The molecule has 0 aliphatic heterocycles. The summed E-state index contributed by atoms with van der Waals surface area (Å²) in [6.07, 6.45) is 0. The molecule has 0 N–H and O–H groups in total. The van der Waals surface area contributed by atoms with Crippen LogP contribution in [0.4, 0.5) is 0 Å². The molecule has 0 bridgehead atoms. The molecule has 0 unspecified atom stereocenters. The van der Waals surface area contributed by atoms with Crippen LogP contribution >= 0.6 is 0 Å². The molecule has 2 rings (SSSR count). The van der Waals surface area contributed by atoms with Crippen LogP contribution < -0.4 is 0 Å². The van der Waals surface area contributed by atoms with Gasteiger partial charge in [-0.1, -0.05) is 47.7 Å². The first-order chi connectivity index (χ1) is 9.97.